The summed E-state index contributed by atoms with van der Waals surface area (Å²) >= 11 is 4.04. The van der Waals surface area contributed by atoms with Gasteiger partial charge in [0, 0.05) is 5.02 Å². The summed E-state index contributed by atoms with van der Waals surface area (Å²) in [5, 5.41) is 9.89. The molecule has 0 radical (unpaired) electrons. The van der Waals surface area contributed by atoms with E-state index in [-0.39, 0.29) is 0 Å². The maximum absolute atomic E-state index is 6.16. The van der Waals surface area contributed by atoms with Crippen LogP contribution in [-0.2, 0) is 23.1 Å². The molecule has 0 heterocycles. The van der Waals surface area contributed by atoms with Gasteiger partial charge in [-0.15, -0.1) is 5.69 Å². The Balaban J connectivity index is 0.000000552. The summed E-state index contributed by atoms with van der Waals surface area (Å²) in [4.78, 5) is 10.1. The van der Waals surface area contributed by atoms with Crippen LogP contribution in [0.4, 0.5) is 11.4 Å². The summed E-state index contributed by atoms with van der Waals surface area (Å²) < 4.78 is 0. The summed E-state index contributed by atoms with van der Waals surface area (Å²) in [5.41, 5.74) is 1.51. The van der Waals surface area contributed by atoms with Crippen LogP contribution in [0.15, 0.2) is 72.8 Å². The van der Waals surface area contributed by atoms with E-state index < -0.39 is 18.2 Å². The van der Waals surface area contributed by atoms with Crippen LogP contribution in [0.3, 0.4) is 0 Å². The predicted molar refractivity (Wildman–Crippen MR) is 121 cm³/mol. The van der Waals surface area contributed by atoms with Crippen LogP contribution in [0.25, 0.3) is 26.9 Å². The van der Waals surface area contributed by atoms with E-state index in [1.54, 1.807) is 18.2 Å². The van der Waals surface area contributed by atoms with Crippen molar-refractivity contribution in [2.75, 3.05) is 7.11 Å². The summed E-state index contributed by atoms with van der Waals surface area (Å²) in [6, 6.07) is 23.8. The Morgan fingerprint density at radius 2 is 1.34 bits per heavy atom. The number of rotatable bonds is 4. The Bertz CT molecular complexity index is 1070. The molecule has 0 atom stereocenters. The molecular formula is C21H15Cl4NO2Zr-. The zero-order valence-corrected chi connectivity index (χ0v) is 20.7. The number of nitrogens with zero attached hydrogens (tertiary/aromatic N) is 1. The van der Waals surface area contributed by atoms with E-state index in [0.29, 0.717) is 16.5 Å². The Morgan fingerprint density at radius 1 is 0.793 bits per heavy atom. The van der Waals surface area contributed by atoms with Crippen molar-refractivity contribution in [2.24, 2.45) is 0 Å². The zero-order chi connectivity index (χ0) is 20.8. The Morgan fingerprint density at radius 3 is 1.90 bits per heavy atom. The first-order valence-corrected chi connectivity index (χ1v) is 18.3. The molecule has 0 aliphatic rings. The number of fused-ring (bicyclic) bond motifs is 2. The summed E-state index contributed by atoms with van der Waals surface area (Å²) in [6.45, 7) is 0. The van der Waals surface area contributed by atoms with Crippen molar-refractivity contribution in [1.82, 2.24) is 0 Å². The van der Waals surface area contributed by atoms with Gasteiger partial charge in [-0.05, 0) is 39.7 Å². The molecule has 149 valence electrons. The van der Waals surface area contributed by atoms with E-state index in [4.69, 9.17) is 52.2 Å². The monoisotopic (exact) mass is 543 g/mol. The van der Waals surface area contributed by atoms with Gasteiger partial charge in [-0.25, -0.2) is 0 Å². The third-order valence-corrected chi connectivity index (χ3v) is 4.30. The average molecular weight is 546 g/mol. The van der Waals surface area contributed by atoms with Crippen LogP contribution < -0.4 is 4.89 Å². The Labute approximate surface area is 192 Å². The van der Waals surface area contributed by atoms with E-state index in [0.717, 1.165) is 27.2 Å². The second-order valence-electron chi connectivity index (χ2n) is 5.86. The van der Waals surface area contributed by atoms with Gasteiger partial charge >= 0.3 is 43.7 Å². The standard InChI is InChI=1S/C21H15ClNO2.3ClH.Zr/c1-24-25-20-11-10-16(22)13-19(20)23-21-17-8-4-2-6-14(17)12-15-7-3-5-9-18(15)21;;;;/h2-13H,1H3;3*1H;/q-1;;;;+3/p-3. The fraction of sp³-hybridized carbons (Fsp3) is 0.0476. The molecule has 0 aromatic heterocycles. The summed E-state index contributed by atoms with van der Waals surface area (Å²) in [5.74, 6) is 0.518. The van der Waals surface area contributed by atoms with Gasteiger partial charge in [0.2, 0.25) is 0 Å². The molecule has 29 heavy (non-hydrogen) atoms. The minimum atomic E-state index is -2.13. The topological polar surface area (TPSA) is 32.6 Å². The molecule has 0 N–H and O–H groups in total. The Kier molecular flexibility index (Phi) is 8.49. The van der Waals surface area contributed by atoms with Crippen molar-refractivity contribution < 1.29 is 27.9 Å². The molecule has 0 bridgehead atoms. The van der Waals surface area contributed by atoms with Crippen molar-refractivity contribution in [3.63, 3.8) is 0 Å². The predicted octanol–water partition coefficient (Wildman–Crippen LogP) is 8.99. The number of halogens is 4. The molecule has 0 unspecified atom stereocenters. The van der Waals surface area contributed by atoms with Gasteiger partial charge < -0.3 is 10.2 Å². The first kappa shape index (κ1) is 22.7. The van der Waals surface area contributed by atoms with Crippen LogP contribution in [0, 0.1) is 0 Å². The first-order chi connectivity index (χ1) is 14.0. The molecule has 0 aliphatic carbocycles. The molecule has 4 aromatic rings. The van der Waals surface area contributed by atoms with Gasteiger partial charge in [0.05, 0.1) is 7.11 Å². The summed E-state index contributed by atoms with van der Waals surface area (Å²) in [6.07, 6.45) is 0. The van der Waals surface area contributed by atoms with E-state index in [2.05, 4.69) is 30.3 Å². The molecule has 0 saturated heterocycles. The molecule has 3 nitrogen and oxygen atoms in total. The van der Waals surface area contributed by atoms with Crippen molar-refractivity contribution in [1.29, 1.82) is 0 Å². The fourth-order valence-electron chi connectivity index (χ4n) is 2.97. The zero-order valence-electron chi connectivity index (χ0n) is 15.2. The molecule has 4 rings (SSSR count). The van der Waals surface area contributed by atoms with Crippen molar-refractivity contribution in [2.45, 2.75) is 0 Å². The fourth-order valence-corrected chi connectivity index (χ4v) is 3.14. The molecule has 0 fully saturated rings. The molecule has 0 aliphatic heterocycles. The Hall–Kier alpha value is -0.997. The van der Waals surface area contributed by atoms with Gasteiger partial charge in [-0.3, -0.25) is 0 Å². The quantitative estimate of drug-likeness (QED) is 0.145. The van der Waals surface area contributed by atoms with E-state index in [1.807, 2.05) is 24.3 Å². The third kappa shape index (κ3) is 6.01. The SMILES string of the molecule is COOc1ccc(Cl)cc1[N-]c1c2ccccc2cc2ccccc12.[Cl][Zr]([Cl])[Cl]. The molecule has 0 spiro atoms. The van der Waals surface area contributed by atoms with E-state index >= 15 is 0 Å². The molecule has 0 saturated carbocycles. The maximum atomic E-state index is 6.16. The van der Waals surface area contributed by atoms with Gasteiger partial charge in [0.25, 0.3) is 0 Å². The third-order valence-electron chi connectivity index (χ3n) is 4.07. The van der Waals surface area contributed by atoms with Crippen molar-refractivity contribution in [3.05, 3.63) is 83.1 Å². The van der Waals surface area contributed by atoms with Gasteiger partial charge in [0.15, 0.2) is 5.75 Å². The van der Waals surface area contributed by atoms with Crippen molar-refractivity contribution >= 4 is 70.1 Å². The van der Waals surface area contributed by atoms with Crippen LogP contribution in [-0.4, -0.2) is 7.11 Å². The van der Waals surface area contributed by atoms with E-state index in [9.17, 15) is 0 Å². The normalized spacial score (nSPS) is 10.4. The molecular weight excluding hydrogens is 531 g/mol. The minimum absolute atomic E-state index is 0.518. The van der Waals surface area contributed by atoms with Crippen LogP contribution in [0.1, 0.15) is 0 Å². The molecule has 0 amide bonds. The number of hydrogen-bond donors (Lipinski definition) is 0. The molecule has 4 aromatic carbocycles. The van der Waals surface area contributed by atoms with Crippen LogP contribution in [0.5, 0.6) is 5.75 Å². The molecule has 8 heteroatoms. The number of benzene rings is 4. The second kappa shape index (κ2) is 10.9. The first-order valence-electron chi connectivity index (χ1n) is 8.45. The number of hydrogen-bond acceptors (Lipinski definition) is 2. The van der Waals surface area contributed by atoms with Crippen LogP contribution >= 0.6 is 37.1 Å². The van der Waals surface area contributed by atoms with E-state index in [1.165, 1.54) is 7.11 Å². The van der Waals surface area contributed by atoms with Crippen LogP contribution in [0.2, 0.25) is 5.02 Å². The summed E-state index contributed by atoms with van der Waals surface area (Å²) in [7, 11) is 16.5. The van der Waals surface area contributed by atoms with Gasteiger partial charge in [-0.2, -0.15) is 4.89 Å². The van der Waals surface area contributed by atoms with Gasteiger partial charge in [0.1, 0.15) is 0 Å². The van der Waals surface area contributed by atoms with Crippen molar-refractivity contribution in [3.8, 4) is 5.75 Å². The van der Waals surface area contributed by atoms with Gasteiger partial charge in [-0.1, -0.05) is 71.9 Å². The average Bonchev–Trinajstić information content (AvgIpc) is 2.69. The second-order valence-corrected chi connectivity index (χ2v) is 17.5.